The van der Waals surface area contributed by atoms with Crippen molar-refractivity contribution in [2.45, 2.75) is 10.2 Å². The molecule has 0 amide bonds. The van der Waals surface area contributed by atoms with Crippen LogP contribution in [0.4, 0.5) is 5.13 Å². The fourth-order valence-electron chi connectivity index (χ4n) is 3.18. The maximum Gasteiger partial charge on any atom is 0.243 e. The van der Waals surface area contributed by atoms with E-state index in [1.54, 1.807) is 27.8 Å². The minimum Gasteiger partial charge on any atom is -0.345 e. The summed E-state index contributed by atoms with van der Waals surface area (Å²) in [7, 11) is -3.47. The highest BCUT2D eigenvalue weighted by Crippen LogP contribution is 2.29. The van der Waals surface area contributed by atoms with Crippen molar-refractivity contribution in [2.75, 3.05) is 31.1 Å². The Hall–Kier alpha value is -1.45. The highest BCUT2D eigenvalue weighted by atomic mass is 79.9. The molecular weight excluding hydrogens is 494 g/mol. The lowest BCUT2D eigenvalue weighted by Crippen LogP contribution is -2.48. The molecule has 152 valence electrons. The van der Waals surface area contributed by atoms with E-state index in [2.05, 4.69) is 20.8 Å². The molecule has 1 aromatic heterocycles. The van der Waals surface area contributed by atoms with Crippen molar-refractivity contribution in [3.63, 3.8) is 0 Å². The predicted octanol–water partition coefficient (Wildman–Crippen LogP) is 4.87. The van der Waals surface area contributed by atoms with Crippen molar-refractivity contribution in [3.05, 3.63) is 64.5 Å². The lowest BCUT2D eigenvalue weighted by molar-refractivity contribution is 0.385. The number of thiazole rings is 1. The zero-order valence-corrected chi connectivity index (χ0v) is 19.4. The third kappa shape index (κ3) is 4.51. The second kappa shape index (κ2) is 8.73. The van der Waals surface area contributed by atoms with Crippen LogP contribution < -0.4 is 4.90 Å². The topological polar surface area (TPSA) is 53.5 Å². The highest BCUT2D eigenvalue weighted by molar-refractivity contribution is 9.08. The maximum atomic E-state index is 12.9. The van der Waals surface area contributed by atoms with Gasteiger partial charge in [-0.3, -0.25) is 0 Å². The SMILES string of the molecule is O=S(=O)(c1ccc(CBr)cc1)N1CCN(c2nc(-c3ccc(Cl)cc3)cs2)CC1. The van der Waals surface area contributed by atoms with E-state index < -0.39 is 10.0 Å². The summed E-state index contributed by atoms with van der Waals surface area (Å²) < 4.78 is 27.4. The number of nitrogens with zero attached hydrogens (tertiary/aromatic N) is 3. The van der Waals surface area contributed by atoms with Gasteiger partial charge in [0.1, 0.15) is 0 Å². The van der Waals surface area contributed by atoms with Gasteiger partial charge in [0.2, 0.25) is 10.0 Å². The first-order valence-corrected chi connectivity index (χ1v) is 12.9. The molecule has 1 saturated heterocycles. The van der Waals surface area contributed by atoms with Crippen molar-refractivity contribution in [3.8, 4) is 11.3 Å². The summed E-state index contributed by atoms with van der Waals surface area (Å²) in [5.74, 6) is 0. The van der Waals surface area contributed by atoms with E-state index in [0.717, 1.165) is 22.0 Å². The molecule has 5 nitrogen and oxygen atoms in total. The number of hydrogen-bond acceptors (Lipinski definition) is 5. The summed E-state index contributed by atoms with van der Waals surface area (Å²) in [6, 6.07) is 14.6. The number of alkyl halides is 1. The molecule has 0 radical (unpaired) electrons. The average molecular weight is 513 g/mol. The molecule has 3 aromatic rings. The number of anilines is 1. The van der Waals surface area contributed by atoms with Crippen molar-refractivity contribution in [2.24, 2.45) is 0 Å². The molecule has 0 spiro atoms. The fourth-order valence-corrected chi connectivity index (χ4v) is 5.99. The van der Waals surface area contributed by atoms with Gasteiger partial charge in [-0.25, -0.2) is 13.4 Å². The molecule has 0 unspecified atom stereocenters. The standard InChI is InChI=1S/C20H19BrClN3O2S2/c21-13-15-1-7-18(8-2-15)29(26,27)25-11-9-24(10-12-25)20-23-19(14-28-20)16-3-5-17(22)6-4-16/h1-8,14H,9-13H2. The quantitative estimate of drug-likeness (QED) is 0.458. The van der Waals surface area contributed by atoms with E-state index in [9.17, 15) is 8.42 Å². The van der Waals surface area contributed by atoms with E-state index >= 15 is 0 Å². The second-order valence-corrected chi connectivity index (χ2v) is 10.5. The Morgan fingerprint density at radius 2 is 1.66 bits per heavy atom. The van der Waals surface area contributed by atoms with Gasteiger partial charge < -0.3 is 4.90 Å². The van der Waals surface area contributed by atoms with Crippen LogP contribution in [-0.2, 0) is 15.4 Å². The number of benzene rings is 2. The Balaban J connectivity index is 1.43. The van der Waals surface area contributed by atoms with Crippen molar-refractivity contribution in [1.29, 1.82) is 0 Å². The van der Waals surface area contributed by atoms with Gasteiger partial charge in [-0.1, -0.05) is 51.8 Å². The molecule has 0 bridgehead atoms. The monoisotopic (exact) mass is 511 g/mol. The Bertz CT molecular complexity index is 1080. The van der Waals surface area contributed by atoms with Gasteiger partial charge in [0, 0.05) is 47.5 Å². The molecule has 1 aliphatic rings. The first-order valence-electron chi connectivity index (χ1n) is 9.09. The number of aromatic nitrogens is 1. The van der Waals surface area contributed by atoms with Crippen LogP contribution in [0.3, 0.4) is 0 Å². The van der Waals surface area contributed by atoms with Crippen molar-refractivity contribution in [1.82, 2.24) is 9.29 Å². The molecule has 1 aliphatic heterocycles. The Morgan fingerprint density at radius 3 is 2.28 bits per heavy atom. The largest absolute Gasteiger partial charge is 0.345 e. The van der Waals surface area contributed by atoms with Crippen molar-refractivity contribution >= 4 is 54.0 Å². The van der Waals surface area contributed by atoms with Gasteiger partial charge >= 0.3 is 0 Å². The summed E-state index contributed by atoms with van der Waals surface area (Å²) in [4.78, 5) is 7.21. The molecule has 29 heavy (non-hydrogen) atoms. The van der Waals surface area contributed by atoms with Crippen LogP contribution in [0.2, 0.25) is 5.02 Å². The molecule has 1 fully saturated rings. The molecule has 2 heterocycles. The zero-order valence-electron chi connectivity index (χ0n) is 15.5. The fraction of sp³-hybridized carbons (Fsp3) is 0.250. The smallest absolute Gasteiger partial charge is 0.243 e. The average Bonchev–Trinajstić information content (AvgIpc) is 3.24. The molecule has 0 aliphatic carbocycles. The van der Waals surface area contributed by atoms with E-state index in [4.69, 9.17) is 16.6 Å². The summed E-state index contributed by atoms with van der Waals surface area (Å²) in [6.07, 6.45) is 0. The van der Waals surface area contributed by atoms with E-state index in [-0.39, 0.29) is 0 Å². The second-order valence-electron chi connectivity index (χ2n) is 6.69. The van der Waals surface area contributed by atoms with Crippen LogP contribution in [0, 0.1) is 0 Å². The molecule has 0 N–H and O–H groups in total. The lowest BCUT2D eigenvalue weighted by atomic mass is 10.2. The van der Waals surface area contributed by atoms with Crippen LogP contribution in [-0.4, -0.2) is 43.9 Å². The summed E-state index contributed by atoms with van der Waals surface area (Å²) >= 11 is 10.9. The van der Waals surface area contributed by atoms with Crippen LogP contribution in [0.5, 0.6) is 0 Å². The molecule has 0 atom stereocenters. The number of rotatable bonds is 5. The van der Waals surface area contributed by atoms with Crippen molar-refractivity contribution < 1.29 is 8.42 Å². The zero-order chi connectivity index (χ0) is 20.4. The minimum atomic E-state index is -3.47. The van der Waals surface area contributed by atoms with E-state index in [1.165, 1.54) is 0 Å². The third-order valence-electron chi connectivity index (χ3n) is 4.86. The van der Waals surface area contributed by atoms with Gasteiger partial charge in [-0.15, -0.1) is 11.3 Å². The number of piperazine rings is 1. The Kier molecular flexibility index (Phi) is 6.27. The Morgan fingerprint density at radius 1 is 1.00 bits per heavy atom. The third-order valence-corrected chi connectivity index (χ3v) is 8.57. The van der Waals surface area contributed by atoms with Gasteiger partial charge in [-0.05, 0) is 29.8 Å². The summed E-state index contributed by atoms with van der Waals surface area (Å²) in [5.41, 5.74) is 2.97. The number of halogens is 2. The minimum absolute atomic E-state index is 0.343. The summed E-state index contributed by atoms with van der Waals surface area (Å²) in [5, 5.41) is 4.34. The lowest BCUT2D eigenvalue weighted by Gasteiger charge is -2.33. The van der Waals surface area contributed by atoms with E-state index in [0.29, 0.717) is 41.4 Å². The van der Waals surface area contributed by atoms with Crippen LogP contribution in [0.1, 0.15) is 5.56 Å². The molecule has 9 heteroatoms. The van der Waals surface area contributed by atoms with Crippen LogP contribution >= 0.6 is 38.9 Å². The molecule has 2 aromatic carbocycles. The van der Waals surface area contributed by atoms with Gasteiger partial charge in [0.15, 0.2) is 5.13 Å². The summed E-state index contributed by atoms with van der Waals surface area (Å²) in [6.45, 7) is 2.12. The van der Waals surface area contributed by atoms with Gasteiger partial charge in [-0.2, -0.15) is 4.31 Å². The number of sulfonamides is 1. The van der Waals surface area contributed by atoms with Crippen LogP contribution in [0.15, 0.2) is 58.8 Å². The van der Waals surface area contributed by atoms with Gasteiger partial charge in [0.05, 0.1) is 10.6 Å². The predicted molar refractivity (Wildman–Crippen MR) is 123 cm³/mol. The van der Waals surface area contributed by atoms with Gasteiger partial charge in [0.25, 0.3) is 0 Å². The molecule has 0 saturated carbocycles. The normalized spacial score (nSPS) is 15.6. The molecular formula is C20H19BrClN3O2S2. The molecule has 4 rings (SSSR count). The maximum absolute atomic E-state index is 12.9. The first-order chi connectivity index (χ1) is 14.0. The Labute approximate surface area is 188 Å². The van der Waals surface area contributed by atoms with E-state index in [1.807, 2.05) is 41.8 Å². The number of hydrogen-bond donors (Lipinski definition) is 0. The highest BCUT2D eigenvalue weighted by Gasteiger charge is 2.29. The van der Waals surface area contributed by atoms with Crippen LogP contribution in [0.25, 0.3) is 11.3 Å². The first kappa shape index (κ1) is 20.8.